The van der Waals surface area contributed by atoms with Gasteiger partial charge in [-0.25, -0.2) is 0 Å². The zero-order valence-corrected chi connectivity index (χ0v) is 10.5. The summed E-state index contributed by atoms with van der Waals surface area (Å²) >= 11 is 0. The van der Waals surface area contributed by atoms with E-state index in [0.717, 1.165) is 19.5 Å². The highest BCUT2D eigenvalue weighted by atomic mass is 16.3. The second kappa shape index (κ2) is 5.99. The molecule has 1 aliphatic heterocycles. The standard InChI is InChI=1S/C13H26N2O/c1-2-9-15(10-11-5-4-8-14-11)12-6-3-7-13(12)16/h11-14,16H,2-10H2,1H3. The number of hydrogen-bond donors (Lipinski definition) is 2. The lowest BCUT2D eigenvalue weighted by molar-refractivity contribution is 0.0656. The van der Waals surface area contributed by atoms with Crippen molar-refractivity contribution in [2.24, 2.45) is 0 Å². The highest BCUT2D eigenvalue weighted by Crippen LogP contribution is 2.25. The van der Waals surface area contributed by atoms with Crippen LogP contribution in [0.1, 0.15) is 45.4 Å². The van der Waals surface area contributed by atoms with Crippen LogP contribution in [0.3, 0.4) is 0 Å². The fourth-order valence-electron chi connectivity index (χ4n) is 3.22. The maximum atomic E-state index is 10.00. The lowest BCUT2D eigenvalue weighted by Crippen LogP contribution is -2.46. The van der Waals surface area contributed by atoms with Crippen molar-refractivity contribution < 1.29 is 5.11 Å². The normalized spacial score (nSPS) is 35.1. The van der Waals surface area contributed by atoms with Crippen molar-refractivity contribution in [3.8, 4) is 0 Å². The van der Waals surface area contributed by atoms with Crippen LogP contribution in [-0.4, -0.2) is 47.8 Å². The van der Waals surface area contributed by atoms with Gasteiger partial charge in [0.2, 0.25) is 0 Å². The van der Waals surface area contributed by atoms with E-state index in [0.29, 0.717) is 12.1 Å². The summed E-state index contributed by atoms with van der Waals surface area (Å²) in [5, 5.41) is 13.6. The van der Waals surface area contributed by atoms with Crippen LogP contribution >= 0.6 is 0 Å². The molecule has 2 N–H and O–H groups in total. The molecular weight excluding hydrogens is 200 g/mol. The molecule has 0 bridgehead atoms. The zero-order chi connectivity index (χ0) is 11.4. The predicted molar refractivity (Wildman–Crippen MR) is 66.5 cm³/mol. The minimum absolute atomic E-state index is 0.0760. The van der Waals surface area contributed by atoms with Crippen molar-refractivity contribution in [2.75, 3.05) is 19.6 Å². The van der Waals surface area contributed by atoms with Gasteiger partial charge in [0.1, 0.15) is 0 Å². The maximum absolute atomic E-state index is 10.00. The van der Waals surface area contributed by atoms with Crippen LogP contribution in [0.5, 0.6) is 0 Å². The van der Waals surface area contributed by atoms with Gasteiger partial charge in [-0.05, 0) is 51.6 Å². The number of rotatable bonds is 5. The molecule has 1 saturated carbocycles. The summed E-state index contributed by atoms with van der Waals surface area (Å²) in [5.74, 6) is 0. The Morgan fingerprint density at radius 2 is 2.12 bits per heavy atom. The van der Waals surface area contributed by atoms with Crippen molar-refractivity contribution in [2.45, 2.75) is 63.6 Å². The second-order valence-corrected chi connectivity index (χ2v) is 5.35. The third-order valence-electron chi connectivity index (χ3n) is 4.04. The number of nitrogens with zero attached hydrogens (tertiary/aromatic N) is 1. The van der Waals surface area contributed by atoms with E-state index in [1.807, 2.05) is 0 Å². The third kappa shape index (κ3) is 2.96. The average Bonchev–Trinajstić information content (AvgIpc) is 2.88. The first kappa shape index (κ1) is 12.3. The second-order valence-electron chi connectivity index (χ2n) is 5.35. The highest BCUT2D eigenvalue weighted by Gasteiger charge is 2.31. The Morgan fingerprint density at radius 3 is 2.69 bits per heavy atom. The highest BCUT2D eigenvalue weighted by molar-refractivity contribution is 4.88. The molecule has 1 heterocycles. The summed E-state index contributed by atoms with van der Waals surface area (Å²) in [5.41, 5.74) is 0. The molecule has 0 aromatic rings. The van der Waals surface area contributed by atoms with E-state index >= 15 is 0 Å². The van der Waals surface area contributed by atoms with Crippen LogP contribution in [0.2, 0.25) is 0 Å². The van der Waals surface area contributed by atoms with Crippen molar-refractivity contribution in [3.05, 3.63) is 0 Å². The minimum Gasteiger partial charge on any atom is -0.391 e. The topological polar surface area (TPSA) is 35.5 Å². The van der Waals surface area contributed by atoms with Gasteiger partial charge in [0.25, 0.3) is 0 Å². The third-order valence-corrected chi connectivity index (χ3v) is 4.04. The van der Waals surface area contributed by atoms with Gasteiger partial charge in [-0.3, -0.25) is 4.90 Å². The molecule has 0 amide bonds. The fraction of sp³-hybridized carbons (Fsp3) is 1.00. The molecule has 0 aromatic carbocycles. The van der Waals surface area contributed by atoms with Crippen LogP contribution in [-0.2, 0) is 0 Å². The lowest BCUT2D eigenvalue weighted by atomic mass is 10.1. The number of aliphatic hydroxyl groups is 1. The first-order valence-corrected chi connectivity index (χ1v) is 6.96. The lowest BCUT2D eigenvalue weighted by Gasteiger charge is -2.32. The molecule has 3 nitrogen and oxygen atoms in total. The minimum atomic E-state index is -0.0760. The molecule has 2 aliphatic rings. The van der Waals surface area contributed by atoms with Crippen molar-refractivity contribution >= 4 is 0 Å². The van der Waals surface area contributed by atoms with Gasteiger partial charge < -0.3 is 10.4 Å². The van der Waals surface area contributed by atoms with Crippen LogP contribution in [0.25, 0.3) is 0 Å². The van der Waals surface area contributed by atoms with E-state index in [9.17, 15) is 5.11 Å². The first-order chi connectivity index (χ1) is 7.81. The van der Waals surface area contributed by atoms with E-state index in [-0.39, 0.29) is 6.10 Å². The van der Waals surface area contributed by atoms with Crippen molar-refractivity contribution in [1.82, 2.24) is 10.2 Å². The molecule has 2 fully saturated rings. The summed E-state index contributed by atoms with van der Waals surface area (Å²) in [6, 6.07) is 1.10. The summed E-state index contributed by atoms with van der Waals surface area (Å²) < 4.78 is 0. The molecule has 16 heavy (non-hydrogen) atoms. The van der Waals surface area contributed by atoms with Gasteiger partial charge in [-0.15, -0.1) is 0 Å². The SMILES string of the molecule is CCCN(CC1CCCN1)C1CCCC1O. The van der Waals surface area contributed by atoms with Gasteiger partial charge in [0.15, 0.2) is 0 Å². The molecule has 1 aliphatic carbocycles. The number of aliphatic hydroxyl groups excluding tert-OH is 1. The van der Waals surface area contributed by atoms with Crippen molar-refractivity contribution in [1.29, 1.82) is 0 Å². The Labute approximate surface area is 99.2 Å². The fourth-order valence-corrected chi connectivity index (χ4v) is 3.22. The maximum Gasteiger partial charge on any atom is 0.0695 e. The Balaban J connectivity index is 1.87. The molecular formula is C13H26N2O. The summed E-state index contributed by atoms with van der Waals surface area (Å²) in [4.78, 5) is 2.53. The number of nitrogens with one attached hydrogen (secondary N) is 1. The molecule has 94 valence electrons. The van der Waals surface area contributed by atoms with Gasteiger partial charge in [0, 0.05) is 18.6 Å². The van der Waals surface area contributed by atoms with E-state index < -0.39 is 0 Å². The van der Waals surface area contributed by atoms with E-state index in [2.05, 4.69) is 17.1 Å². The molecule has 1 saturated heterocycles. The Bertz CT molecular complexity index is 204. The molecule has 3 atom stereocenters. The molecule has 3 heteroatoms. The Morgan fingerprint density at radius 1 is 1.25 bits per heavy atom. The van der Waals surface area contributed by atoms with Crippen LogP contribution in [0.15, 0.2) is 0 Å². The molecule has 0 aromatic heterocycles. The number of hydrogen-bond acceptors (Lipinski definition) is 3. The summed E-state index contributed by atoms with van der Waals surface area (Å²) in [6.07, 6.45) is 7.13. The van der Waals surface area contributed by atoms with Crippen LogP contribution in [0.4, 0.5) is 0 Å². The van der Waals surface area contributed by atoms with E-state index in [1.54, 1.807) is 0 Å². The monoisotopic (exact) mass is 226 g/mol. The van der Waals surface area contributed by atoms with Crippen LogP contribution < -0.4 is 5.32 Å². The average molecular weight is 226 g/mol. The Hall–Kier alpha value is -0.120. The van der Waals surface area contributed by atoms with Gasteiger partial charge in [-0.1, -0.05) is 6.92 Å². The molecule has 2 rings (SSSR count). The van der Waals surface area contributed by atoms with Crippen LogP contribution in [0, 0.1) is 0 Å². The molecule has 0 spiro atoms. The van der Waals surface area contributed by atoms with Gasteiger partial charge >= 0.3 is 0 Å². The molecule has 0 radical (unpaired) electrons. The van der Waals surface area contributed by atoms with Gasteiger partial charge in [-0.2, -0.15) is 0 Å². The Kier molecular flexibility index (Phi) is 4.62. The zero-order valence-electron chi connectivity index (χ0n) is 10.5. The largest absolute Gasteiger partial charge is 0.391 e. The van der Waals surface area contributed by atoms with Crippen molar-refractivity contribution in [3.63, 3.8) is 0 Å². The van der Waals surface area contributed by atoms with E-state index in [1.165, 1.54) is 38.6 Å². The predicted octanol–water partition coefficient (Wildman–Crippen LogP) is 1.36. The smallest absolute Gasteiger partial charge is 0.0695 e. The summed E-state index contributed by atoms with van der Waals surface area (Å²) in [7, 11) is 0. The summed E-state index contributed by atoms with van der Waals surface area (Å²) in [6.45, 7) is 5.68. The first-order valence-electron chi connectivity index (χ1n) is 6.96. The quantitative estimate of drug-likeness (QED) is 0.743. The molecule has 3 unspecified atom stereocenters. The van der Waals surface area contributed by atoms with Gasteiger partial charge in [0.05, 0.1) is 6.10 Å². The van der Waals surface area contributed by atoms with E-state index in [4.69, 9.17) is 0 Å².